The first-order chi connectivity index (χ1) is 10.1. The summed E-state index contributed by atoms with van der Waals surface area (Å²) in [6.45, 7) is 2.72. The lowest BCUT2D eigenvalue weighted by molar-refractivity contribution is -0.123. The highest BCUT2D eigenvalue weighted by Gasteiger charge is 2.08. The molecule has 0 radical (unpaired) electrons. The van der Waals surface area contributed by atoms with E-state index in [1.54, 1.807) is 0 Å². The molecule has 3 nitrogen and oxygen atoms in total. The van der Waals surface area contributed by atoms with E-state index < -0.39 is 0 Å². The molecule has 0 saturated heterocycles. The summed E-state index contributed by atoms with van der Waals surface area (Å²) in [6, 6.07) is 17.6. The maximum absolute atomic E-state index is 11.8. The number of halogens is 1. The van der Waals surface area contributed by atoms with Crippen LogP contribution in [0.2, 0.25) is 0 Å². The molecule has 1 atom stereocenters. The Morgan fingerprint density at radius 1 is 1.19 bits per heavy atom. The van der Waals surface area contributed by atoms with Crippen molar-refractivity contribution in [3.63, 3.8) is 0 Å². The second kappa shape index (κ2) is 7.84. The Kier molecular flexibility index (Phi) is 5.81. The van der Waals surface area contributed by atoms with Crippen molar-refractivity contribution in [2.75, 3.05) is 13.2 Å². The molecule has 21 heavy (non-hydrogen) atoms. The van der Waals surface area contributed by atoms with Crippen molar-refractivity contribution in [3.05, 3.63) is 64.6 Å². The number of hydrogen-bond acceptors (Lipinski definition) is 2. The Bertz CT molecular complexity index is 586. The highest BCUT2D eigenvalue weighted by molar-refractivity contribution is 9.10. The van der Waals surface area contributed by atoms with Crippen LogP contribution in [-0.2, 0) is 4.79 Å². The van der Waals surface area contributed by atoms with Gasteiger partial charge in [0.05, 0.1) is 0 Å². The molecule has 1 N–H and O–H groups in total. The lowest BCUT2D eigenvalue weighted by Crippen LogP contribution is -2.31. The van der Waals surface area contributed by atoms with E-state index in [-0.39, 0.29) is 18.4 Å². The van der Waals surface area contributed by atoms with E-state index >= 15 is 0 Å². The number of amides is 1. The predicted molar refractivity (Wildman–Crippen MR) is 87.5 cm³/mol. The molecular weight excluding hydrogens is 330 g/mol. The molecule has 0 fully saturated rings. The van der Waals surface area contributed by atoms with Gasteiger partial charge in [-0.25, -0.2) is 0 Å². The molecule has 110 valence electrons. The minimum Gasteiger partial charge on any atom is -0.484 e. The molecular formula is C17H18BrNO2. The summed E-state index contributed by atoms with van der Waals surface area (Å²) >= 11 is 3.36. The van der Waals surface area contributed by atoms with E-state index in [0.717, 1.165) is 4.47 Å². The van der Waals surface area contributed by atoms with E-state index in [1.165, 1.54) is 5.56 Å². The number of rotatable bonds is 6. The number of nitrogens with one attached hydrogen (secondary N) is 1. The summed E-state index contributed by atoms with van der Waals surface area (Å²) in [5.41, 5.74) is 1.21. The molecule has 0 unspecified atom stereocenters. The highest BCUT2D eigenvalue weighted by Crippen LogP contribution is 2.17. The van der Waals surface area contributed by atoms with Gasteiger partial charge in [-0.3, -0.25) is 4.79 Å². The van der Waals surface area contributed by atoms with Gasteiger partial charge in [-0.05, 0) is 29.7 Å². The third kappa shape index (κ3) is 5.23. The fourth-order valence-corrected chi connectivity index (χ4v) is 2.30. The molecule has 0 aliphatic carbocycles. The predicted octanol–water partition coefficient (Wildman–Crippen LogP) is 3.75. The van der Waals surface area contributed by atoms with Crippen molar-refractivity contribution in [1.82, 2.24) is 5.32 Å². The number of hydrogen-bond donors (Lipinski definition) is 1. The average molecular weight is 348 g/mol. The summed E-state index contributed by atoms with van der Waals surface area (Å²) < 4.78 is 6.37. The second-order valence-corrected chi connectivity index (χ2v) is 5.78. The zero-order chi connectivity index (χ0) is 15.1. The van der Waals surface area contributed by atoms with Gasteiger partial charge in [-0.2, -0.15) is 0 Å². The largest absolute Gasteiger partial charge is 0.484 e. The number of carbonyl (C=O) groups excluding carboxylic acids is 1. The number of benzene rings is 2. The summed E-state index contributed by atoms with van der Waals surface area (Å²) in [6.07, 6.45) is 0. The van der Waals surface area contributed by atoms with Crippen LogP contribution in [0.25, 0.3) is 0 Å². The molecule has 0 spiro atoms. The third-order valence-corrected chi connectivity index (χ3v) is 3.63. The zero-order valence-corrected chi connectivity index (χ0v) is 13.5. The molecule has 4 heteroatoms. The van der Waals surface area contributed by atoms with E-state index in [0.29, 0.717) is 12.3 Å². The van der Waals surface area contributed by atoms with Gasteiger partial charge >= 0.3 is 0 Å². The average Bonchev–Trinajstić information content (AvgIpc) is 2.51. The summed E-state index contributed by atoms with van der Waals surface area (Å²) in [5.74, 6) is 0.842. The minimum absolute atomic E-state index is 0.0258. The SMILES string of the molecule is C[C@H](CNC(=O)COc1cccc(Br)c1)c1ccccc1. The van der Waals surface area contributed by atoms with Gasteiger partial charge in [0.15, 0.2) is 6.61 Å². The summed E-state index contributed by atoms with van der Waals surface area (Å²) in [7, 11) is 0. The van der Waals surface area contributed by atoms with Gasteiger partial charge in [0, 0.05) is 11.0 Å². The van der Waals surface area contributed by atoms with E-state index in [2.05, 4.69) is 40.3 Å². The summed E-state index contributed by atoms with van der Waals surface area (Å²) in [5, 5.41) is 2.89. The highest BCUT2D eigenvalue weighted by atomic mass is 79.9. The molecule has 0 heterocycles. The Morgan fingerprint density at radius 3 is 2.67 bits per heavy atom. The fourth-order valence-electron chi connectivity index (χ4n) is 1.92. The maximum Gasteiger partial charge on any atom is 0.257 e. The fraction of sp³-hybridized carbons (Fsp3) is 0.235. The minimum atomic E-state index is -0.113. The molecule has 0 aromatic heterocycles. The molecule has 1 amide bonds. The van der Waals surface area contributed by atoms with Gasteiger partial charge in [-0.1, -0.05) is 59.3 Å². The molecule has 0 saturated carbocycles. The van der Waals surface area contributed by atoms with E-state index in [4.69, 9.17) is 4.74 Å². The normalized spacial score (nSPS) is 11.7. The monoisotopic (exact) mass is 347 g/mol. The number of carbonyl (C=O) groups is 1. The standard InChI is InChI=1S/C17H18BrNO2/c1-13(14-6-3-2-4-7-14)11-19-17(20)12-21-16-9-5-8-15(18)10-16/h2-10,13H,11-12H2,1H3,(H,19,20)/t13-/m1/s1. The van der Waals surface area contributed by atoms with Crippen LogP contribution in [0, 0.1) is 0 Å². The number of ether oxygens (including phenoxy) is 1. The van der Waals surface area contributed by atoms with Crippen LogP contribution >= 0.6 is 15.9 Å². The molecule has 0 aliphatic heterocycles. The molecule has 0 aliphatic rings. The van der Waals surface area contributed by atoms with Crippen molar-refractivity contribution in [1.29, 1.82) is 0 Å². The van der Waals surface area contributed by atoms with E-state index in [9.17, 15) is 4.79 Å². The van der Waals surface area contributed by atoms with E-state index in [1.807, 2.05) is 42.5 Å². The first-order valence-corrected chi connectivity index (χ1v) is 7.64. The Morgan fingerprint density at radius 2 is 1.95 bits per heavy atom. The van der Waals surface area contributed by atoms with Crippen molar-refractivity contribution >= 4 is 21.8 Å². The van der Waals surface area contributed by atoms with Crippen LogP contribution in [-0.4, -0.2) is 19.1 Å². The Hall–Kier alpha value is -1.81. The van der Waals surface area contributed by atoms with Crippen LogP contribution in [0.3, 0.4) is 0 Å². The van der Waals surface area contributed by atoms with Crippen molar-refractivity contribution < 1.29 is 9.53 Å². The van der Waals surface area contributed by atoms with Crippen molar-refractivity contribution in [2.45, 2.75) is 12.8 Å². The van der Waals surface area contributed by atoms with Gasteiger partial charge in [0.25, 0.3) is 5.91 Å². The molecule has 0 bridgehead atoms. The van der Waals surface area contributed by atoms with Gasteiger partial charge in [0.2, 0.25) is 0 Å². The molecule has 2 aromatic rings. The lowest BCUT2D eigenvalue weighted by atomic mass is 10.0. The quantitative estimate of drug-likeness (QED) is 0.864. The first-order valence-electron chi connectivity index (χ1n) is 6.85. The Balaban J connectivity index is 1.75. The molecule has 2 aromatic carbocycles. The van der Waals surface area contributed by atoms with Crippen molar-refractivity contribution in [3.8, 4) is 5.75 Å². The van der Waals surface area contributed by atoms with Gasteiger partial charge in [0.1, 0.15) is 5.75 Å². The van der Waals surface area contributed by atoms with Crippen LogP contribution in [0.1, 0.15) is 18.4 Å². The topological polar surface area (TPSA) is 38.3 Å². The van der Waals surface area contributed by atoms with Crippen LogP contribution in [0.4, 0.5) is 0 Å². The Labute approximate surface area is 133 Å². The van der Waals surface area contributed by atoms with Gasteiger partial charge in [-0.15, -0.1) is 0 Å². The lowest BCUT2D eigenvalue weighted by Gasteiger charge is -2.13. The third-order valence-electron chi connectivity index (χ3n) is 3.14. The van der Waals surface area contributed by atoms with Gasteiger partial charge < -0.3 is 10.1 Å². The second-order valence-electron chi connectivity index (χ2n) is 4.86. The maximum atomic E-state index is 11.8. The van der Waals surface area contributed by atoms with Crippen LogP contribution < -0.4 is 10.1 Å². The first kappa shape index (κ1) is 15.6. The van der Waals surface area contributed by atoms with Crippen LogP contribution in [0.5, 0.6) is 5.75 Å². The van der Waals surface area contributed by atoms with Crippen molar-refractivity contribution in [2.24, 2.45) is 0 Å². The summed E-state index contributed by atoms with van der Waals surface area (Å²) in [4.78, 5) is 11.8. The molecule has 2 rings (SSSR count). The smallest absolute Gasteiger partial charge is 0.257 e. The van der Waals surface area contributed by atoms with Crippen LogP contribution in [0.15, 0.2) is 59.1 Å². The zero-order valence-electron chi connectivity index (χ0n) is 11.9.